The minimum absolute atomic E-state index is 0.224. The minimum atomic E-state index is 0.224. The van der Waals surface area contributed by atoms with Crippen LogP contribution in [-0.4, -0.2) is 36.0 Å². The molecule has 1 atom stereocenters. The van der Waals surface area contributed by atoms with Gasteiger partial charge in [0.15, 0.2) is 5.82 Å². The molecule has 1 aromatic heterocycles. The highest BCUT2D eigenvalue weighted by molar-refractivity contribution is 5.52. The van der Waals surface area contributed by atoms with E-state index in [2.05, 4.69) is 28.1 Å². The molecular weight excluding hydrogens is 204 g/mol. The maximum absolute atomic E-state index is 9.00. The summed E-state index contributed by atoms with van der Waals surface area (Å²) in [5.74, 6) is 0.673. The van der Waals surface area contributed by atoms with Gasteiger partial charge in [-0.2, -0.15) is 10.4 Å². The molecule has 0 amide bonds. The third-order valence-corrected chi connectivity index (χ3v) is 2.72. The van der Waals surface area contributed by atoms with E-state index in [1.54, 1.807) is 12.3 Å². The Labute approximate surface area is 94.7 Å². The lowest BCUT2D eigenvalue weighted by Gasteiger charge is -2.33. The molecule has 84 valence electrons. The van der Waals surface area contributed by atoms with Gasteiger partial charge in [0, 0.05) is 13.1 Å². The van der Waals surface area contributed by atoms with Crippen molar-refractivity contribution in [2.45, 2.75) is 19.4 Å². The Morgan fingerprint density at radius 3 is 3.31 bits per heavy atom. The molecule has 1 unspecified atom stereocenters. The molecule has 0 N–H and O–H groups in total. The summed E-state index contributed by atoms with van der Waals surface area (Å²) in [4.78, 5) is 2.07. The second-order valence-electron chi connectivity index (χ2n) is 3.73. The lowest BCUT2D eigenvalue weighted by Crippen LogP contribution is -2.43. The smallest absolute Gasteiger partial charge is 0.169 e. The Hall–Kier alpha value is -1.67. The van der Waals surface area contributed by atoms with Crippen LogP contribution in [-0.2, 0) is 4.74 Å². The van der Waals surface area contributed by atoms with E-state index < -0.39 is 0 Å². The number of morpholine rings is 1. The molecule has 5 nitrogen and oxygen atoms in total. The molecule has 16 heavy (non-hydrogen) atoms. The summed E-state index contributed by atoms with van der Waals surface area (Å²) >= 11 is 0. The second-order valence-corrected chi connectivity index (χ2v) is 3.73. The molecule has 0 spiro atoms. The Kier molecular flexibility index (Phi) is 3.32. The molecule has 0 aliphatic carbocycles. The van der Waals surface area contributed by atoms with Crippen molar-refractivity contribution in [1.29, 1.82) is 5.26 Å². The number of hydrogen-bond donors (Lipinski definition) is 0. The van der Waals surface area contributed by atoms with E-state index in [0.29, 0.717) is 18.0 Å². The topological polar surface area (TPSA) is 62.0 Å². The summed E-state index contributed by atoms with van der Waals surface area (Å²) in [5.41, 5.74) is 0.576. The van der Waals surface area contributed by atoms with Gasteiger partial charge in [0.1, 0.15) is 6.07 Å². The molecule has 0 aromatic carbocycles. The Morgan fingerprint density at radius 1 is 1.69 bits per heavy atom. The molecule has 1 aliphatic heterocycles. The van der Waals surface area contributed by atoms with E-state index in [0.717, 1.165) is 19.5 Å². The summed E-state index contributed by atoms with van der Waals surface area (Å²) in [6, 6.07) is 3.83. The van der Waals surface area contributed by atoms with Gasteiger partial charge in [0.2, 0.25) is 0 Å². The monoisotopic (exact) mass is 218 g/mol. The number of aromatic nitrogens is 2. The highest BCUT2D eigenvalue weighted by Crippen LogP contribution is 2.19. The van der Waals surface area contributed by atoms with Crippen molar-refractivity contribution < 1.29 is 4.74 Å². The molecule has 1 aliphatic rings. The average Bonchev–Trinajstić information content (AvgIpc) is 2.38. The van der Waals surface area contributed by atoms with Gasteiger partial charge in [-0.15, -0.1) is 5.10 Å². The van der Waals surface area contributed by atoms with Crippen LogP contribution in [0.5, 0.6) is 0 Å². The van der Waals surface area contributed by atoms with Gasteiger partial charge in [-0.25, -0.2) is 0 Å². The van der Waals surface area contributed by atoms with Gasteiger partial charge >= 0.3 is 0 Å². The largest absolute Gasteiger partial charge is 0.375 e. The Morgan fingerprint density at radius 2 is 2.56 bits per heavy atom. The molecule has 0 saturated carbocycles. The fraction of sp³-hybridized carbons (Fsp3) is 0.545. The van der Waals surface area contributed by atoms with Crippen molar-refractivity contribution in [1.82, 2.24) is 10.2 Å². The van der Waals surface area contributed by atoms with Crippen LogP contribution in [0.15, 0.2) is 12.3 Å². The summed E-state index contributed by atoms with van der Waals surface area (Å²) in [7, 11) is 0. The van der Waals surface area contributed by atoms with Crippen LogP contribution in [0.25, 0.3) is 0 Å². The van der Waals surface area contributed by atoms with E-state index >= 15 is 0 Å². The number of ether oxygens (including phenoxy) is 1. The number of nitriles is 1. The minimum Gasteiger partial charge on any atom is -0.375 e. The number of anilines is 1. The first-order chi connectivity index (χ1) is 7.85. The maximum Gasteiger partial charge on any atom is 0.169 e. The van der Waals surface area contributed by atoms with Crippen LogP contribution in [0.4, 0.5) is 5.82 Å². The molecule has 2 rings (SSSR count). The summed E-state index contributed by atoms with van der Waals surface area (Å²) < 4.78 is 5.58. The normalized spacial score (nSPS) is 20.5. The average molecular weight is 218 g/mol. The van der Waals surface area contributed by atoms with Crippen LogP contribution >= 0.6 is 0 Å². The molecule has 0 bridgehead atoms. The van der Waals surface area contributed by atoms with Crippen LogP contribution in [0, 0.1) is 11.3 Å². The van der Waals surface area contributed by atoms with E-state index in [-0.39, 0.29) is 6.10 Å². The van der Waals surface area contributed by atoms with Gasteiger partial charge in [-0.3, -0.25) is 0 Å². The van der Waals surface area contributed by atoms with Crippen molar-refractivity contribution in [2.75, 3.05) is 24.6 Å². The van der Waals surface area contributed by atoms with Crippen molar-refractivity contribution in [3.05, 3.63) is 17.8 Å². The first-order valence-electron chi connectivity index (χ1n) is 5.43. The predicted molar refractivity (Wildman–Crippen MR) is 59.0 cm³/mol. The van der Waals surface area contributed by atoms with Crippen molar-refractivity contribution >= 4 is 5.82 Å². The number of rotatable bonds is 2. The molecule has 0 radical (unpaired) electrons. The molecule has 1 saturated heterocycles. The molecule has 1 aromatic rings. The summed E-state index contributed by atoms with van der Waals surface area (Å²) in [6.45, 7) is 4.32. The standard InChI is InChI=1S/C11H14N4O/c1-2-10-8-15(5-6-16-10)11-9(7-12)3-4-13-14-11/h3-4,10H,2,5-6,8H2,1H3. The van der Waals surface area contributed by atoms with Crippen LogP contribution < -0.4 is 4.90 Å². The van der Waals surface area contributed by atoms with Crippen molar-refractivity contribution in [2.24, 2.45) is 0 Å². The lowest BCUT2D eigenvalue weighted by molar-refractivity contribution is 0.0381. The SMILES string of the molecule is CCC1CN(c2nnccc2C#N)CCO1. The quantitative estimate of drug-likeness (QED) is 0.740. The van der Waals surface area contributed by atoms with Gasteiger partial charge in [0.25, 0.3) is 0 Å². The van der Waals surface area contributed by atoms with E-state index in [1.807, 2.05) is 0 Å². The maximum atomic E-state index is 9.00. The third kappa shape index (κ3) is 2.12. The van der Waals surface area contributed by atoms with Crippen LogP contribution in [0.1, 0.15) is 18.9 Å². The highest BCUT2D eigenvalue weighted by Gasteiger charge is 2.22. The molecule has 5 heteroatoms. The van der Waals surface area contributed by atoms with E-state index in [4.69, 9.17) is 10.00 Å². The Bertz CT molecular complexity index is 401. The van der Waals surface area contributed by atoms with Gasteiger partial charge in [-0.05, 0) is 12.5 Å². The summed E-state index contributed by atoms with van der Waals surface area (Å²) in [6.07, 6.45) is 2.74. The van der Waals surface area contributed by atoms with Crippen LogP contribution in [0.2, 0.25) is 0 Å². The first-order valence-corrected chi connectivity index (χ1v) is 5.43. The van der Waals surface area contributed by atoms with E-state index in [1.165, 1.54) is 0 Å². The zero-order chi connectivity index (χ0) is 11.4. The summed E-state index contributed by atoms with van der Waals surface area (Å²) in [5, 5.41) is 16.9. The first kappa shape index (κ1) is 10.8. The lowest BCUT2D eigenvalue weighted by atomic mass is 10.2. The molecule has 2 heterocycles. The number of nitrogens with zero attached hydrogens (tertiary/aromatic N) is 4. The fourth-order valence-electron chi connectivity index (χ4n) is 1.80. The predicted octanol–water partition coefficient (Wildman–Crippen LogP) is 0.963. The van der Waals surface area contributed by atoms with Gasteiger partial charge in [0.05, 0.1) is 24.5 Å². The van der Waals surface area contributed by atoms with Crippen molar-refractivity contribution in [3.63, 3.8) is 0 Å². The fourth-order valence-corrected chi connectivity index (χ4v) is 1.80. The second kappa shape index (κ2) is 4.90. The van der Waals surface area contributed by atoms with Crippen LogP contribution in [0.3, 0.4) is 0 Å². The highest BCUT2D eigenvalue weighted by atomic mass is 16.5. The zero-order valence-corrected chi connectivity index (χ0v) is 9.26. The van der Waals surface area contributed by atoms with Gasteiger partial charge in [-0.1, -0.05) is 6.92 Å². The van der Waals surface area contributed by atoms with E-state index in [9.17, 15) is 0 Å². The molecular formula is C11H14N4O. The third-order valence-electron chi connectivity index (χ3n) is 2.72. The zero-order valence-electron chi connectivity index (χ0n) is 9.26. The van der Waals surface area contributed by atoms with Crippen molar-refractivity contribution in [3.8, 4) is 6.07 Å². The Balaban J connectivity index is 2.20. The molecule has 1 fully saturated rings. The number of hydrogen-bond acceptors (Lipinski definition) is 5. The van der Waals surface area contributed by atoms with Gasteiger partial charge < -0.3 is 9.64 Å².